The quantitative estimate of drug-likeness (QED) is 0.643. The molecule has 1 amide bonds. The average Bonchev–Trinajstić information content (AvgIpc) is 3.29. The lowest BCUT2D eigenvalue weighted by atomic mass is 9.99. The van der Waals surface area contributed by atoms with Gasteiger partial charge in [0.2, 0.25) is 0 Å². The van der Waals surface area contributed by atoms with Gasteiger partial charge in [-0.3, -0.25) is 9.59 Å². The zero-order valence-corrected chi connectivity index (χ0v) is 19.2. The van der Waals surface area contributed by atoms with Crippen LogP contribution in [0, 0.1) is 6.92 Å². The van der Waals surface area contributed by atoms with Gasteiger partial charge in [0.05, 0.1) is 25.7 Å². The molecule has 8 heteroatoms. The summed E-state index contributed by atoms with van der Waals surface area (Å²) in [6.07, 6.45) is 1.21. The maximum Gasteiger partial charge on any atom is 0.341 e. The van der Waals surface area contributed by atoms with E-state index in [1.165, 1.54) is 25.6 Å². The Kier molecular flexibility index (Phi) is 7.00. The largest absolute Gasteiger partial charge is 0.483 e. The molecule has 0 unspecified atom stereocenters. The van der Waals surface area contributed by atoms with Gasteiger partial charge in [0.1, 0.15) is 10.8 Å². The van der Waals surface area contributed by atoms with Crippen molar-refractivity contribution in [1.29, 1.82) is 0 Å². The van der Waals surface area contributed by atoms with Crippen LogP contribution in [-0.4, -0.2) is 38.7 Å². The number of thiophene rings is 1. The molecular formula is C23H27NO6S. The number of aryl methyl sites for hydroxylation is 2. The van der Waals surface area contributed by atoms with Crippen molar-refractivity contribution in [3.8, 4) is 5.75 Å². The minimum absolute atomic E-state index is 0.202. The van der Waals surface area contributed by atoms with Gasteiger partial charge in [-0.1, -0.05) is 26.0 Å². The summed E-state index contributed by atoms with van der Waals surface area (Å²) in [5, 5.41) is 3.14. The molecule has 0 saturated heterocycles. The van der Waals surface area contributed by atoms with Gasteiger partial charge >= 0.3 is 11.9 Å². The predicted molar refractivity (Wildman–Crippen MR) is 118 cm³/mol. The number of amides is 1. The zero-order chi connectivity index (χ0) is 22.7. The number of hydrogen-bond donors (Lipinski definition) is 1. The third-order valence-corrected chi connectivity index (χ3v) is 6.49. The van der Waals surface area contributed by atoms with Gasteiger partial charge in [0, 0.05) is 4.88 Å². The molecule has 1 aliphatic carbocycles. The van der Waals surface area contributed by atoms with Crippen LogP contribution < -0.4 is 10.1 Å². The number of anilines is 1. The lowest BCUT2D eigenvalue weighted by Gasteiger charge is -2.15. The lowest BCUT2D eigenvalue weighted by molar-refractivity contribution is -0.142. The van der Waals surface area contributed by atoms with Crippen LogP contribution in [0.15, 0.2) is 18.2 Å². The van der Waals surface area contributed by atoms with Crippen molar-refractivity contribution >= 4 is 34.2 Å². The normalized spacial score (nSPS) is 14.8. The molecule has 0 bridgehead atoms. The number of carbonyl (C=O) groups is 3. The Balaban J connectivity index is 1.81. The van der Waals surface area contributed by atoms with E-state index in [1.54, 1.807) is 0 Å². The first kappa shape index (κ1) is 22.8. The number of methoxy groups -OCH3 is 2. The zero-order valence-electron chi connectivity index (χ0n) is 18.4. The van der Waals surface area contributed by atoms with Crippen LogP contribution in [0.2, 0.25) is 0 Å². The molecule has 0 fully saturated rings. The second kappa shape index (κ2) is 9.51. The molecule has 7 nitrogen and oxygen atoms in total. The molecule has 1 aromatic carbocycles. The molecule has 2 aromatic rings. The molecular weight excluding hydrogens is 418 g/mol. The number of nitrogens with one attached hydrogen (secondary N) is 1. The number of ether oxygens (including phenoxy) is 3. The van der Waals surface area contributed by atoms with E-state index in [9.17, 15) is 14.4 Å². The van der Waals surface area contributed by atoms with E-state index in [1.807, 2.05) is 25.1 Å². The summed E-state index contributed by atoms with van der Waals surface area (Å²) in [6.45, 7) is 5.88. The number of hydrogen-bond acceptors (Lipinski definition) is 7. The fraction of sp³-hybridized carbons (Fsp3) is 0.435. The third kappa shape index (κ3) is 4.74. The molecule has 1 N–H and O–H groups in total. The Hall–Kier alpha value is -2.87. The van der Waals surface area contributed by atoms with Gasteiger partial charge in [-0.2, -0.15) is 0 Å². The maximum absolute atomic E-state index is 12.6. The number of rotatable bonds is 7. The van der Waals surface area contributed by atoms with Gasteiger partial charge in [-0.25, -0.2) is 4.79 Å². The second-order valence-electron chi connectivity index (χ2n) is 7.78. The van der Waals surface area contributed by atoms with E-state index in [2.05, 4.69) is 19.2 Å². The molecule has 0 spiro atoms. The molecule has 31 heavy (non-hydrogen) atoms. The van der Waals surface area contributed by atoms with E-state index in [4.69, 9.17) is 14.2 Å². The fourth-order valence-corrected chi connectivity index (χ4v) is 5.07. The summed E-state index contributed by atoms with van der Waals surface area (Å²) < 4.78 is 15.6. The standard InChI is InChI=1S/C23H27NO6S/c1-12(2)14-7-6-13(3)10-16(14)30-11-18(25)24-21-20(23(27)29-5)19-15(22(26)28-4)8-9-17(19)31-21/h6-7,10,12,15H,8-9,11H2,1-5H3,(H,24,25)/t15-/m1/s1. The van der Waals surface area contributed by atoms with E-state index < -0.39 is 23.8 Å². The first-order chi connectivity index (χ1) is 14.8. The summed E-state index contributed by atoms with van der Waals surface area (Å²) in [6, 6.07) is 5.91. The predicted octanol–water partition coefficient (Wildman–Crippen LogP) is 4.19. The minimum Gasteiger partial charge on any atom is -0.483 e. The van der Waals surface area contributed by atoms with Gasteiger partial charge in [0.15, 0.2) is 6.61 Å². The minimum atomic E-state index is -0.592. The van der Waals surface area contributed by atoms with Crippen LogP contribution in [0.3, 0.4) is 0 Å². The molecule has 1 atom stereocenters. The molecule has 0 aliphatic heterocycles. The SMILES string of the molecule is COC(=O)c1c(NC(=O)COc2cc(C)ccc2C(C)C)sc2c1[C@H](C(=O)OC)CC2. The van der Waals surface area contributed by atoms with E-state index in [-0.39, 0.29) is 18.1 Å². The molecule has 1 aromatic heterocycles. The van der Waals surface area contributed by atoms with E-state index >= 15 is 0 Å². The second-order valence-corrected chi connectivity index (χ2v) is 8.89. The number of fused-ring (bicyclic) bond motifs is 1. The van der Waals surface area contributed by atoms with Gasteiger partial charge in [0.25, 0.3) is 5.91 Å². The van der Waals surface area contributed by atoms with Crippen LogP contribution in [-0.2, 0) is 25.5 Å². The summed E-state index contributed by atoms with van der Waals surface area (Å²) in [4.78, 5) is 38.2. The van der Waals surface area contributed by atoms with Crippen LogP contribution in [0.5, 0.6) is 5.75 Å². The van der Waals surface area contributed by atoms with E-state index in [0.717, 1.165) is 16.0 Å². The van der Waals surface area contributed by atoms with Gasteiger partial charge in [-0.05, 0) is 48.4 Å². The Bertz CT molecular complexity index is 1010. The van der Waals surface area contributed by atoms with Crippen molar-refractivity contribution in [3.05, 3.63) is 45.3 Å². The Labute approximate surface area is 185 Å². The van der Waals surface area contributed by atoms with Crippen LogP contribution in [0.1, 0.15) is 64.0 Å². The molecule has 166 valence electrons. The number of benzene rings is 1. The first-order valence-corrected chi connectivity index (χ1v) is 10.9. The maximum atomic E-state index is 12.6. The highest BCUT2D eigenvalue weighted by Crippen LogP contribution is 2.45. The molecule has 1 heterocycles. The highest BCUT2D eigenvalue weighted by Gasteiger charge is 2.38. The molecule has 1 aliphatic rings. The van der Waals surface area contributed by atoms with Crippen molar-refractivity contribution in [3.63, 3.8) is 0 Å². The van der Waals surface area contributed by atoms with Crippen LogP contribution in [0.4, 0.5) is 5.00 Å². The monoisotopic (exact) mass is 445 g/mol. The first-order valence-electron chi connectivity index (χ1n) is 10.1. The highest BCUT2D eigenvalue weighted by atomic mass is 32.1. The summed E-state index contributed by atoms with van der Waals surface area (Å²) in [7, 11) is 2.59. The average molecular weight is 446 g/mol. The lowest BCUT2D eigenvalue weighted by Crippen LogP contribution is -2.22. The third-order valence-electron chi connectivity index (χ3n) is 5.31. The summed E-state index contributed by atoms with van der Waals surface area (Å²) in [5.41, 5.74) is 2.88. The Morgan fingerprint density at radius 3 is 2.58 bits per heavy atom. The summed E-state index contributed by atoms with van der Waals surface area (Å²) >= 11 is 1.29. The Morgan fingerprint density at radius 2 is 1.94 bits per heavy atom. The smallest absolute Gasteiger partial charge is 0.341 e. The Morgan fingerprint density at radius 1 is 1.19 bits per heavy atom. The molecule has 0 radical (unpaired) electrons. The van der Waals surface area contributed by atoms with Crippen molar-refractivity contribution < 1.29 is 28.6 Å². The number of esters is 2. The van der Waals surface area contributed by atoms with Gasteiger partial charge in [-0.15, -0.1) is 11.3 Å². The van der Waals surface area contributed by atoms with Crippen LogP contribution in [0.25, 0.3) is 0 Å². The molecule has 0 saturated carbocycles. The van der Waals surface area contributed by atoms with Crippen molar-refractivity contribution in [1.82, 2.24) is 0 Å². The van der Waals surface area contributed by atoms with Crippen molar-refractivity contribution in [2.45, 2.75) is 45.4 Å². The van der Waals surface area contributed by atoms with Crippen LogP contribution >= 0.6 is 11.3 Å². The molecule has 3 rings (SSSR count). The topological polar surface area (TPSA) is 90.9 Å². The highest BCUT2D eigenvalue weighted by molar-refractivity contribution is 7.17. The van der Waals surface area contributed by atoms with E-state index in [0.29, 0.717) is 29.2 Å². The number of carbonyl (C=O) groups excluding carboxylic acids is 3. The fourth-order valence-electron chi connectivity index (χ4n) is 3.79. The van der Waals surface area contributed by atoms with Crippen molar-refractivity contribution in [2.75, 3.05) is 26.1 Å². The van der Waals surface area contributed by atoms with Crippen molar-refractivity contribution in [2.24, 2.45) is 0 Å². The van der Waals surface area contributed by atoms with Gasteiger partial charge < -0.3 is 19.5 Å². The summed E-state index contributed by atoms with van der Waals surface area (Å²) in [5.74, 6) is -1.00.